The summed E-state index contributed by atoms with van der Waals surface area (Å²) in [6.45, 7) is 37.8. The first-order chi connectivity index (χ1) is 37.5. The van der Waals surface area contributed by atoms with Gasteiger partial charge in [0.2, 0.25) is 0 Å². The first-order valence-electron chi connectivity index (χ1n) is 27.5. The quantitative estimate of drug-likeness (QED) is 0.125. The van der Waals surface area contributed by atoms with Gasteiger partial charge >= 0.3 is 21.1 Å². The average Bonchev–Trinajstić information content (AvgIpc) is 4.23. The van der Waals surface area contributed by atoms with E-state index in [9.17, 15) is 9.65 Å². The van der Waals surface area contributed by atoms with Gasteiger partial charge in [-0.05, 0) is 216 Å². The fraction of sp³-hybridized carbons (Fsp3) is 0.409. The Morgan fingerprint density at radius 2 is 0.654 bits per heavy atom. The van der Waals surface area contributed by atoms with Gasteiger partial charge in [-0.1, -0.05) is 129 Å². The van der Waals surface area contributed by atoms with Gasteiger partial charge in [-0.15, -0.1) is 0 Å². The molecule has 422 valence electrons. The van der Waals surface area contributed by atoms with E-state index in [2.05, 4.69) is 158 Å². The molecular formula is C66H74B3BrCl2FN2O6-. The summed E-state index contributed by atoms with van der Waals surface area (Å²) in [6.07, 6.45) is 0. The highest BCUT2D eigenvalue weighted by molar-refractivity contribution is 9.10. The Hall–Kier alpha value is -4.76. The lowest BCUT2D eigenvalue weighted by Gasteiger charge is -2.32. The molecule has 0 aromatic heterocycles. The van der Waals surface area contributed by atoms with Crippen LogP contribution in [0.1, 0.15) is 169 Å². The average molecular weight is 1190 g/mol. The lowest BCUT2D eigenvalue weighted by atomic mass is 9.49. The smallest absolute Gasteiger partial charge is 0.463 e. The van der Waals surface area contributed by atoms with E-state index in [-0.39, 0.29) is 57.0 Å². The number of hydrogen-bond donors (Lipinski definition) is 0. The van der Waals surface area contributed by atoms with Crippen LogP contribution in [0.3, 0.4) is 0 Å². The Bertz CT molecular complexity index is 3390. The molecule has 3 saturated heterocycles. The second-order valence-electron chi connectivity index (χ2n) is 26.3. The molecule has 12 rings (SSSR count). The Balaban J connectivity index is 0.000000142. The van der Waals surface area contributed by atoms with Crippen LogP contribution in [0.15, 0.2) is 114 Å². The van der Waals surface area contributed by atoms with E-state index in [0.717, 1.165) is 20.0 Å². The Morgan fingerprint density at radius 3 is 1.00 bits per heavy atom. The third-order valence-electron chi connectivity index (χ3n) is 18.5. The summed E-state index contributed by atoms with van der Waals surface area (Å²) < 4.78 is 46.7. The first-order valence-corrected chi connectivity index (χ1v) is 29.0. The van der Waals surface area contributed by atoms with E-state index in [4.69, 9.17) is 56.4 Å². The number of hydrogen-bond acceptors (Lipinski definition) is 8. The molecule has 6 aromatic rings. The summed E-state index contributed by atoms with van der Waals surface area (Å²) in [5.41, 5.74) is 15.2. The maximum absolute atomic E-state index is 9.26. The van der Waals surface area contributed by atoms with Crippen molar-refractivity contribution < 1.29 is 32.3 Å². The Labute approximate surface area is 500 Å². The summed E-state index contributed by atoms with van der Waals surface area (Å²) in [5, 5.41) is 19.9. The van der Waals surface area contributed by atoms with E-state index in [1.54, 1.807) is 7.18 Å². The number of rotatable bonds is 2. The number of nitrogens with zero attached hydrogens (tertiary/aromatic N) is 2. The van der Waals surface area contributed by atoms with E-state index in [1.165, 1.54) is 66.8 Å². The van der Waals surface area contributed by atoms with Crippen molar-refractivity contribution in [3.05, 3.63) is 175 Å². The molecule has 6 aliphatic rings. The largest absolute Gasteiger partial charge is 0.494 e. The van der Waals surface area contributed by atoms with Crippen molar-refractivity contribution >= 4 is 65.7 Å². The summed E-state index contributed by atoms with van der Waals surface area (Å²) >= 11 is 15.8. The van der Waals surface area contributed by atoms with Crippen molar-refractivity contribution in [3.8, 4) is 45.5 Å². The number of benzene rings is 6. The first kappa shape index (κ1) is 62.3. The number of nitriles is 2. The molecule has 0 unspecified atom stereocenters. The summed E-state index contributed by atoms with van der Waals surface area (Å²) in [4.78, 5) is 0. The van der Waals surface area contributed by atoms with Crippen LogP contribution in [0, 0.1) is 29.8 Å². The summed E-state index contributed by atoms with van der Waals surface area (Å²) in [5.74, 6) is 0. The van der Waals surface area contributed by atoms with Gasteiger partial charge in [0.15, 0.2) is 0 Å². The second kappa shape index (κ2) is 21.7. The van der Waals surface area contributed by atoms with Crippen LogP contribution in [0.5, 0.6) is 0 Å². The van der Waals surface area contributed by atoms with Crippen molar-refractivity contribution in [1.29, 1.82) is 10.5 Å². The zero-order valence-corrected chi connectivity index (χ0v) is 53.3. The molecule has 6 aromatic carbocycles. The van der Waals surface area contributed by atoms with E-state index < -0.39 is 14.0 Å². The Kier molecular flexibility index (Phi) is 16.7. The highest BCUT2D eigenvalue weighted by Crippen LogP contribution is 2.52. The van der Waals surface area contributed by atoms with Gasteiger partial charge in [-0.25, -0.2) is 0 Å². The molecule has 15 heteroatoms. The van der Waals surface area contributed by atoms with E-state index in [0.29, 0.717) is 11.1 Å². The van der Waals surface area contributed by atoms with Gasteiger partial charge < -0.3 is 32.3 Å². The molecule has 0 saturated carbocycles. The molecule has 3 fully saturated rings. The van der Waals surface area contributed by atoms with Crippen LogP contribution in [-0.2, 0) is 44.2 Å². The molecule has 0 bridgehead atoms. The highest BCUT2D eigenvalue weighted by atomic mass is 79.9. The van der Waals surface area contributed by atoms with Crippen molar-refractivity contribution in [2.24, 2.45) is 0 Å². The molecule has 0 radical (unpaired) electrons. The third-order valence-corrected chi connectivity index (χ3v) is 19.5. The Morgan fingerprint density at radius 1 is 0.383 bits per heavy atom. The predicted octanol–water partition coefficient (Wildman–Crippen LogP) is 17.1. The lowest BCUT2D eigenvalue weighted by Crippen LogP contribution is -2.41. The van der Waals surface area contributed by atoms with Gasteiger partial charge in [0.05, 0.1) is 56.9 Å². The van der Waals surface area contributed by atoms with Crippen LogP contribution in [0.2, 0.25) is 10.0 Å². The molecular weight excluding hydrogens is 1120 g/mol. The SMILES string of the molecule is CC1(C)OB(B2OC(C)(C)C(C)(C)O2)OC1(C)C.CC1(C)c2cc(C#N)ccc2-c2ccc(B3OC(C)(C)C(C)(C)O3)cc21.CC1(C)c2cc(Cl)ccc2-c2ccc(Br)cc21.CC1(C)c2cc(Cl)ccc2-c2ccc(C#N)cc21.[CH2-]F. The summed E-state index contributed by atoms with van der Waals surface area (Å²) in [6, 6.07) is 41.5. The molecule has 3 aliphatic carbocycles. The van der Waals surface area contributed by atoms with Crippen LogP contribution < -0.4 is 5.46 Å². The number of halogens is 4. The zero-order valence-electron chi connectivity index (χ0n) is 50.2. The summed E-state index contributed by atoms with van der Waals surface area (Å²) in [7, 11) is 0.437. The standard InChI is InChI=1S/C22H24BNO2.C16H12ClN.C15H12BrCl.C12H24B2O4.CH2F/c1-20(2)18-11-14(13-24)7-9-16(18)17-10-8-15(12-19(17)20)23-25-21(3,4)22(5,6)26-23;1-16(2)14-7-10(9-18)3-5-12(14)13-6-4-11(17)8-15(13)16;1-15(2)13-7-9(16)3-5-11(13)12-6-4-10(17)8-14(12)15;1-9(2)10(3,4)16-13(15-9)14-17-11(5,6)12(7,8)18-14;1-2/h7-12H,1-6H3;3-8H,1-2H3;3-8H,1-2H3;1-8H3;1H2/q;;;;-1. The van der Waals surface area contributed by atoms with Crippen LogP contribution in [0.25, 0.3) is 33.4 Å². The fourth-order valence-electron chi connectivity index (χ4n) is 11.4. The molecule has 0 amide bonds. The molecule has 3 heterocycles. The van der Waals surface area contributed by atoms with Crippen molar-refractivity contribution in [2.45, 2.75) is 174 Å². The van der Waals surface area contributed by atoms with Gasteiger partial charge in [-0.3, -0.25) is 0 Å². The van der Waals surface area contributed by atoms with Crippen molar-refractivity contribution in [2.75, 3.05) is 0 Å². The molecule has 3 aliphatic heterocycles. The maximum atomic E-state index is 9.26. The zero-order chi connectivity index (χ0) is 60.0. The minimum atomic E-state index is -0.476. The predicted molar refractivity (Wildman–Crippen MR) is 334 cm³/mol. The van der Waals surface area contributed by atoms with Crippen LogP contribution >= 0.6 is 39.1 Å². The van der Waals surface area contributed by atoms with Crippen molar-refractivity contribution in [3.63, 3.8) is 0 Å². The highest BCUT2D eigenvalue weighted by Gasteiger charge is 2.64. The monoisotopic (exact) mass is 1190 g/mol. The van der Waals surface area contributed by atoms with Crippen LogP contribution in [0.4, 0.5) is 4.39 Å². The minimum absolute atomic E-state index is 0.0271. The molecule has 0 atom stereocenters. The topological polar surface area (TPSA) is 103 Å². The molecule has 0 N–H and O–H groups in total. The van der Waals surface area contributed by atoms with E-state index >= 15 is 0 Å². The van der Waals surface area contributed by atoms with Crippen LogP contribution in [-0.4, -0.2) is 54.7 Å². The minimum Gasteiger partial charge on any atom is -0.463 e. The van der Waals surface area contributed by atoms with Crippen molar-refractivity contribution in [1.82, 2.24) is 0 Å². The lowest BCUT2D eigenvalue weighted by molar-refractivity contribution is 0.00578. The normalized spacial score (nSPS) is 20.5. The maximum Gasteiger partial charge on any atom is 0.494 e. The van der Waals surface area contributed by atoms with Gasteiger partial charge in [0, 0.05) is 30.8 Å². The molecule has 8 nitrogen and oxygen atoms in total. The number of fused-ring (bicyclic) bond motifs is 9. The fourth-order valence-corrected chi connectivity index (χ4v) is 12.1. The van der Waals surface area contributed by atoms with Gasteiger partial charge in [-0.2, -0.15) is 17.7 Å². The van der Waals surface area contributed by atoms with Gasteiger partial charge in [0.25, 0.3) is 0 Å². The second-order valence-corrected chi connectivity index (χ2v) is 28.1. The third kappa shape index (κ3) is 11.2. The molecule has 81 heavy (non-hydrogen) atoms. The molecule has 0 spiro atoms. The van der Waals surface area contributed by atoms with E-state index in [1.807, 2.05) is 104 Å². The van der Waals surface area contributed by atoms with Gasteiger partial charge in [0.1, 0.15) is 0 Å².